The van der Waals surface area contributed by atoms with Crippen molar-refractivity contribution in [2.24, 2.45) is 5.73 Å². The van der Waals surface area contributed by atoms with Crippen LogP contribution in [0.4, 0.5) is 0 Å². The molecule has 0 radical (unpaired) electrons. The van der Waals surface area contributed by atoms with Crippen molar-refractivity contribution in [3.63, 3.8) is 0 Å². The lowest BCUT2D eigenvalue weighted by Crippen LogP contribution is -2.32. The third-order valence-electron chi connectivity index (χ3n) is 2.95. The Bertz CT molecular complexity index is 360. The van der Waals surface area contributed by atoms with Crippen molar-refractivity contribution >= 4 is 5.84 Å². The van der Waals surface area contributed by atoms with Crippen LogP contribution in [0.15, 0.2) is 24.3 Å². The fourth-order valence-electron chi connectivity index (χ4n) is 1.69. The smallest absolute Gasteiger partial charge is 0.0920 e. The van der Waals surface area contributed by atoms with Crippen LogP contribution in [-0.2, 0) is 6.54 Å². The molecule has 0 bridgehead atoms. The minimum atomic E-state index is 0.254. The summed E-state index contributed by atoms with van der Waals surface area (Å²) in [4.78, 5) is 2.23. The van der Waals surface area contributed by atoms with Gasteiger partial charge in [0, 0.05) is 19.0 Å². The van der Waals surface area contributed by atoms with Crippen molar-refractivity contribution in [2.75, 3.05) is 7.05 Å². The molecule has 0 fully saturated rings. The summed E-state index contributed by atoms with van der Waals surface area (Å²) in [5, 5.41) is 7.29. The molecule has 0 saturated carbocycles. The molecule has 0 aliphatic rings. The van der Waals surface area contributed by atoms with Gasteiger partial charge in [-0.1, -0.05) is 24.3 Å². The molecule has 16 heavy (non-hydrogen) atoms. The number of amidine groups is 1. The number of nitrogens with two attached hydrogens (primary N) is 1. The van der Waals surface area contributed by atoms with E-state index in [1.54, 1.807) is 0 Å². The van der Waals surface area contributed by atoms with Gasteiger partial charge in [0.25, 0.3) is 0 Å². The van der Waals surface area contributed by atoms with E-state index in [1.807, 2.05) is 0 Å². The highest BCUT2D eigenvalue weighted by atomic mass is 15.1. The molecule has 0 saturated heterocycles. The lowest BCUT2D eigenvalue weighted by Gasteiger charge is -2.25. The van der Waals surface area contributed by atoms with E-state index >= 15 is 0 Å². The van der Waals surface area contributed by atoms with Crippen molar-refractivity contribution in [3.05, 3.63) is 35.4 Å². The summed E-state index contributed by atoms with van der Waals surface area (Å²) >= 11 is 0. The molecule has 1 aromatic carbocycles. The number of benzene rings is 1. The quantitative estimate of drug-likeness (QED) is 0.589. The summed E-state index contributed by atoms with van der Waals surface area (Å²) in [5.74, 6) is 0.254. The first kappa shape index (κ1) is 12.7. The van der Waals surface area contributed by atoms with Gasteiger partial charge in [0.15, 0.2) is 0 Å². The molecule has 0 amide bonds. The lowest BCUT2D eigenvalue weighted by atomic mass is 10.1. The molecule has 3 nitrogen and oxygen atoms in total. The Morgan fingerprint density at radius 1 is 1.44 bits per heavy atom. The van der Waals surface area contributed by atoms with Crippen molar-refractivity contribution in [1.82, 2.24) is 4.90 Å². The zero-order valence-electron chi connectivity index (χ0n) is 10.3. The lowest BCUT2D eigenvalue weighted by molar-refractivity contribution is 0.254. The Morgan fingerprint density at radius 3 is 2.62 bits per heavy atom. The maximum absolute atomic E-state index is 7.29. The van der Waals surface area contributed by atoms with Gasteiger partial charge in [0.1, 0.15) is 0 Å². The van der Waals surface area contributed by atoms with E-state index in [4.69, 9.17) is 11.1 Å². The van der Waals surface area contributed by atoms with Crippen LogP contribution < -0.4 is 5.73 Å². The van der Waals surface area contributed by atoms with Gasteiger partial charge in [0.05, 0.1) is 5.84 Å². The van der Waals surface area contributed by atoms with E-state index in [0.717, 1.165) is 6.54 Å². The third-order valence-corrected chi connectivity index (χ3v) is 2.95. The van der Waals surface area contributed by atoms with Gasteiger partial charge >= 0.3 is 0 Å². The van der Waals surface area contributed by atoms with Gasteiger partial charge < -0.3 is 5.73 Å². The van der Waals surface area contributed by atoms with E-state index < -0.39 is 0 Å². The number of hydrogen-bond donors (Lipinski definition) is 2. The third kappa shape index (κ3) is 3.66. The van der Waals surface area contributed by atoms with Crippen LogP contribution in [-0.4, -0.2) is 23.8 Å². The monoisotopic (exact) mass is 219 g/mol. The predicted octanol–water partition coefficient (Wildman–Crippen LogP) is 2.14. The number of rotatable bonds is 5. The summed E-state index contributed by atoms with van der Waals surface area (Å²) in [6, 6.07) is 8.69. The largest absolute Gasteiger partial charge is 0.388 e. The van der Waals surface area contributed by atoms with Crippen molar-refractivity contribution in [2.45, 2.75) is 32.9 Å². The van der Waals surface area contributed by atoms with Gasteiger partial charge in [-0.15, -0.1) is 0 Å². The van der Waals surface area contributed by atoms with E-state index in [-0.39, 0.29) is 5.84 Å². The van der Waals surface area contributed by atoms with Crippen LogP contribution in [0.2, 0.25) is 0 Å². The molecule has 3 heteroatoms. The molecular formula is C13H21N3. The average molecular weight is 219 g/mol. The Labute approximate surface area is 97.8 Å². The fourth-order valence-corrected chi connectivity index (χ4v) is 1.69. The standard InChI is InChI=1S/C13H21N3/c1-10-6-4-5-7-12(10)9-16(3)11(2)8-13(14)15/h4-7,11H,8-9H2,1-3H3,(H3,14,15). The molecule has 0 spiro atoms. The predicted molar refractivity (Wildman–Crippen MR) is 68.6 cm³/mol. The molecule has 0 heterocycles. The molecule has 0 aliphatic heterocycles. The Morgan fingerprint density at radius 2 is 2.06 bits per heavy atom. The molecule has 1 aromatic rings. The maximum atomic E-state index is 7.29. The second kappa shape index (κ2) is 5.66. The van der Waals surface area contributed by atoms with Crippen LogP contribution in [0.5, 0.6) is 0 Å². The van der Waals surface area contributed by atoms with Crippen LogP contribution in [0, 0.1) is 12.3 Å². The van der Waals surface area contributed by atoms with Crippen molar-refractivity contribution in [1.29, 1.82) is 5.41 Å². The van der Waals surface area contributed by atoms with Crippen molar-refractivity contribution < 1.29 is 0 Å². The minimum absolute atomic E-state index is 0.254. The number of hydrogen-bond acceptors (Lipinski definition) is 2. The molecule has 1 atom stereocenters. The molecule has 88 valence electrons. The zero-order valence-corrected chi connectivity index (χ0v) is 10.3. The topological polar surface area (TPSA) is 53.1 Å². The first-order valence-corrected chi connectivity index (χ1v) is 5.58. The van der Waals surface area contributed by atoms with Gasteiger partial charge in [-0.25, -0.2) is 0 Å². The van der Waals surface area contributed by atoms with Crippen LogP contribution in [0.1, 0.15) is 24.5 Å². The van der Waals surface area contributed by atoms with Gasteiger partial charge in [0.2, 0.25) is 0 Å². The van der Waals surface area contributed by atoms with Crippen LogP contribution in [0.25, 0.3) is 0 Å². The number of aryl methyl sites for hydroxylation is 1. The summed E-state index contributed by atoms with van der Waals surface area (Å²) in [6.45, 7) is 5.12. The second-order valence-electron chi connectivity index (χ2n) is 4.42. The second-order valence-corrected chi connectivity index (χ2v) is 4.42. The summed E-state index contributed by atoms with van der Waals surface area (Å²) < 4.78 is 0. The normalized spacial score (nSPS) is 12.8. The molecule has 1 rings (SSSR count). The molecule has 0 aromatic heterocycles. The van der Waals surface area contributed by atoms with E-state index in [9.17, 15) is 0 Å². The van der Waals surface area contributed by atoms with Crippen LogP contribution >= 0.6 is 0 Å². The van der Waals surface area contributed by atoms with Crippen molar-refractivity contribution in [3.8, 4) is 0 Å². The van der Waals surface area contributed by atoms with E-state index in [0.29, 0.717) is 12.5 Å². The van der Waals surface area contributed by atoms with Gasteiger partial charge in [-0.05, 0) is 32.0 Å². The summed E-state index contributed by atoms with van der Waals surface area (Å²) in [7, 11) is 2.07. The highest BCUT2D eigenvalue weighted by molar-refractivity contribution is 5.77. The Balaban J connectivity index is 2.60. The summed E-state index contributed by atoms with van der Waals surface area (Å²) in [6.07, 6.45) is 0.627. The first-order chi connectivity index (χ1) is 7.50. The minimum Gasteiger partial charge on any atom is -0.388 e. The Kier molecular flexibility index (Phi) is 4.50. The van der Waals surface area contributed by atoms with Gasteiger partial charge in [-0.2, -0.15) is 0 Å². The number of nitrogens with zero attached hydrogens (tertiary/aromatic N) is 1. The van der Waals surface area contributed by atoms with Gasteiger partial charge in [-0.3, -0.25) is 10.3 Å². The average Bonchev–Trinajstić information content (AvgIpc) is 2.20. The molecular weight excluding hydrogens is 198 g/mol. The SMILES string of the molecule is Cc1ccccc1CN(C)C(C)CC(=N)N. The maximum Gasteiger partial charge on any atom is 0.0920 e. The molecule has 0 aliphatic carbocycles. The molecule has 3 N–H and O–H groups in total. The highest BCUT2D eigenvalue weighted by Crippen LogP contribution is 2.12. The first-order valence-electron chi connectivity index (χ1n) is 5.58. The summed E-state index contributed by atoms with van der Waals surface area (Å²) in [5.41, 5.74) is 8.05. The van der Waals surface area contributed by atoms with E-state index in [2.05, 4.69) is 50.1 Å². The number of nitrogens with one attached hydrogen (secondary N) is 1. The Hall–Kier alpha value is -1.35. The highest BCUT2D eigenvalue weighted by Gasteiger charge is 2.11. The molecule has 1 unspecified atom stereocenters. The van der Waals surface area contributed by atoms with E-state index in [1.165, 1.54) is 11.1 Å². The van der Waals surface area contributed by atoms with Crippen LogP contribution in [0.3, 0.4) is 0 Å². The zero-order chi connectivity index (χ0) is 12.1. The fraction of sp³-hybridized carbons (Fsp3) is 0.462.